The number of rotatable bonds is 6. The molecular formula is C11H18ClNOS. The van der Waals surface area contributed by atoms with Crippen molar-refractivity contribution in [3.05, 3.63) is 20.8 Å². The van der Waals surface area contributed by atoms with Gasteiger partial charge in [0.25, 0.3) is 0 Å². The molecule has 0 amide bonds. The maximum absolute atomic E-state index is 6.23. The highest BCUT2D eigenvalue weighted by atomic mass is 35.5. The highest BCUT2D eigenvalue weighted by Crippen LogP contribution is 2.32. The van der Waals surface area contributed by atoms with Gasteiger partial charge in [-0.3, -0.25) is 0 Å². The smallest absolute Gasteiger partial charge is 0.0667 e. The fraction of sp³-hybridized carbons (Fsp3) is 0.636. The second-order valence-electron chi connectivity index (χ2n) is 3.56. The third-order valence-electron chi connectivity index (χ3n) is 2.22. The van der Waals surface area contributed by atoms with Crippen LogP contribution in [0.25, 0.3) is 0 Å². The molecule has 0 aromatic carbocycles. The maximum atomic E-state index is 6.23. The third kappa shape index (κ3) is 3.45. The summed E-state index contributed by atoms with van der Waals surface area (Å²) in [6, 6.07) is 0.223. The Kier molecular flexibility index (Phi) is 5.61. The van der Waals surface area contributed by atoms with E-state index in [9.17, 15) is 0 Å². The molecule has 1 unspecified atom stereocenters. The Labute approximate surface area is 101 Å². The summed E-state index contributed by atoms with van der Waals surface area (Å²) in [5.74, 6) is 0. The minimum absolute atomic E-state index is 0.223. The molecule has 4 heteroatoms. The summed E-state index contributed by atoms with van der Waals surface area (Å²) in [6.07, 6.45) is 1.11. The SMILES string of the molecule is CCCNC(COC)c1scc(C)c1Cl. The molecule has 0 saturated carbocycles. The van der Waals surface area contributed by atoms with Crippen LogP contribution in [0.2, 0.25) is 5.02 Å². The monoisotopic (exact) mass is 247 g/mol. The minimum Gasteiger partial charge on any atom is -0.383 e. The highest BCUT2D eigenvalue weighted by Gasteiger charge is 2.16. The van der Waals surface area contributed by atoms with Crippen LogP contribution in [0, 0.1) is 6.92 Å². The van der Waals surface area contributed by atoms with E-state index in [1.807, 2.05) is 6.92 Å². The van der Waals surface area contributed by atoms with Crippen molar-refractivity contribution in [2.45, 2.75) is 26.3 Å². The van der Waals surface area contributed by atoms with Crippen LogP contribution >= 0.6 is 22.9 Å². The maximum Gasteiger partial charge on any atom is 0.0667 e. The standard InChI is InChI=1S/C11H18ClNOS/c1-4-5-13-9(6-14-3)11-10(12)8(2)7-15-11/h7,9,13H,4-6H2,1-3H3. The number of hydrogen-bond acceptors (Lipinski definition) is 3. The molecule has 1 heterocycles. The van der Waals surface area contributed by atoms with Gasteiger partial charge >= 0.3 is 0 Å². The average Bonchev–Trinajstić information content (AvgIpc) is 2.55. The van der Waals surface area contributed by atoms with E-state index >= 15 is 0 Å². The largest absolute Gasteiger partial charge is 0.383 e. The highest BCUT2D eigenvalue weighted by molar-refractivity contribution is 7.10. The first-order valence-electron chi connectivity index (χ1n) is 5.16. The number of ether oxygens (including phenoxy) is 1. The molecule has 1 aromatic rings. The van der Waals surface area contributed by atoms with Gasteiger partial charge in [0.1, 0.15) is 0 Å². The van der Waals surface area contributed by atoms with E-state index in [-0.39, 0.29) is 6.04 Å². The van der Waals surface area contributed by atoms with Crippen LogP contribution in [-0.4, -0.2) is 20.3 Å². The summed E-state index contributed by atoms with van der Waals surface area (Å²) in [5, 5.41) is 6.41. The summed E-state index contributed by atoms with van der Waals surface area (Å²) in [5.41, 5.74) is 1.15. The quantitative estimate of drug-likeness (QED) is 0.832. The van der Waals surface area contributed by atoms with Crippen molar-refractivity contribution in [1.82, 2.24) is 5.32 Å². The summed E-state index contributed by atoms with van der Waals surface area (Å²) in [7, 11) is 1.72. The van der Waals surface area contributed by atoms with Crippen molar-refractivity contribution in [1.29, 1.82) is 0 Å². The van der Waals surface area contributed by atoms with Gasteiger partial charge in [0.15, 0.2) is 0 Å². The van der Waals surface area contributed by atoms with E-state index < -0.39 is 0 Å². The lowest BCUT2D eigenvalue weighted by Crippen LogP contribution is -2.25. The molecule has 86 valence electrons. The molecule has 1 aromatic heterocycles. The Balaban J connectivity index is 2.74. The fourth-order valence-corrected chi connectivity index (χ4v) is 2.78. The lowest BCUT2D eigenvalue weighted by Gasteiger charge is -2.16. The van der Waals surface area contributed by atoms with Crippen molar-refractivity contribution in [3.63, 3.8) is 0 Å². The summed E-state index contributed by atoms with van der Waals surface area (Å²) in [6.45, 7) is 5.84. The molecular weight excluding hydrogens is 230 g/mol. The van der Waals surface area contributed by atoms with Gasteiger partial charge in [-0.05, 0) is 30.8 Å². The number of nitrogens with one attached hydrogen (secondary N) is 1. The van der Waals surface area contributed by atoms with Gasteiger partial charge in [-0.1, -0.05) is 18.5 Å². The topological polar surface area (TPSA) is 21.3 Å². The van der Waals surface area contributed by atoms with Gasteiger partial charge in [0, 0.05) is 12.0 Å². The van der Waals surface area contributed by atoms with Crippen LogP contribution in [0.5, 0.6) is 0 Å². The Morgan fingerprint density at radius 3 is 2.80 bits per heavy atom. The predicted octanol–water partition coefficient (Wildman–Crippen LogP) is 3.40. The summed E-state index contributed by atoms with van der Waals surface area (Å²) >= 11 is 7.93. The lowest BCUT2D eigenvalue weighted by atomic mass is 10.2. The van der Waals surface area contributed by atoms with Gasteiger partial charge in [0.2, 0.25) is 0 Å². The fourth-order valence-electron chi connectivity index (χ4n) is 1.40. The van der Waals surface area contributed by atoms with Crippen molar-refractivity contribution < 1.29 is 4.74 Å². The van der Waals surface area contributed by atoms with E-state index in [4.69, 9.17) is 16.3 Å². The normalized spacial score (nSPS) is 13.1. The first-order valence-corrected chi connectivity index (χ1v) is 6.42. The van der Waals surface area contributed by atoms with Crippen molar-refractivity contribution in [2.75, 3.05) is 20.3 Å². The van der Waals surface area contributed by atoms with Crippen LogP contribution in [0.4, 0.5) is 0 Å². The molecule has 2 nitrogen and oxygen atoms in total. The van der Waals surface area contributed by atoms with Gasteiger partial charge in [-0.25, -0.2) is 0 Å². The minimum atomic E-state index is 0.223. The van der Waals surface area contributed by atoms with Crippen LogP contribution in [0.1, 0.15) is 29.8 Å². The average molecular weight is 248 g/mol. The van der Waals surface area contributed by atoms with E-state index in [2.05, 4.69) is 17.6 Å². The van der Waals surface area contributed by atoms with Crippen LogP contribution < -0.4 is 5.32 Å². The number of methoxy groups -OCH3 is 1. The third-order valence-corrected chi connectivity index (χ3v) is 4.04. The molecule has 0 bridgehead atoms. The zero-order valence-corrected chi connectivity index (χ0v) is 11.0. The molecule has 0 radical (unpaired) electrons. The Hall–Kier alpha value is -0.0900. The van der Waals surface area contributed by atoms with Crippen LogP contribution in [0.15, 0.2) is 5.38 Å². The summed E-state index contributed by atoms with van der Waals surface area (Å²) in [4.78, 5) is 1.18. The first kappa shape index (κ1) is 13.0. The molecule has 15 heavy (non-hydrogen) atoms. The van der Waals surface area contributed by atoms with Gasteiger partial charge in [0.05, 0.1) is 17.7 Å². The number of aryl methyl sites for hydroxylation is 1. The molecule has 0 fully saturated rings. The zero-order valence-electron chi connectivity index (χ0n) is 9.47. The van der Waals surface area contributed by atoms with Gasteiger partial charge in [-0.15, -0.1) is 11.3 Å². The second kappa shape index (κ2) is 6.48. The molecule has 0 aliphatic rings. The van der Waals surface area contributed by atoms with E-state index in [0.29, 0.717) is 6.61 Å². The molecule has 1 rings (SSSR count). The van der Waals surface area contributed by atoms with Crippen molar-refractivity contribution >= 4 is 22.9 Å². The van der Waals surface area contributed by atoms with Crippen molar-refractivity contribution in [2.24, 2.45) is 0 Å². The molecule has 0 spiro atoms. The van der Waals surface area contributed by atoms with Crippen LogP contribution in [-0.2, 0) is 4.74 Å². The lowest BCUT2D eigenvalue weighted by molar-refractivity contribution is 0.168. The molecule has 1 atom stereocenters. The second-order valence-corrected chi connectivity index (χ2v) is 4.85. The first-order chi connectivity index (χ1) is 7.20. The molecule has 0 aliphatic heterocycles. The summed E-state index contributed by atoms with van der Waals surface area (Å²) < 4.78 is 5.21. The molecule has 1 N–H and O–H groups in total. The zero-order chi connectivity index (χ0) is 11.3. The van der Waals surface area contributed by atoms with E-state index in [0.717, 1.165) is 23.6 Å². The van der Waals surface area contributed by atoms with E-state index in [1.54, 1.807) is 18.4 Å². The predicted molar refractivity (Wildman–Crippen MR) is 67.0 cm³/mol. The van der Waals surface area contributed by atoms with E-state index in [1.165, 1.54) is 4.88 Å². The van der Waals surface area contributed by atoms with Crippen LogP contribution in [0.3, 0.4) is 0 Å². The number of hydrogen-bond donors (Lipinski definition) is 1. The Morgan fingerprint density at radius 2 is 2.33 bits per heavy atom. The van der Waals surface area contributed by atoms with Gasteiger partial charge < -0.3 is 10.1 Å². The molecule has 0 saturated heterocycles. The van der Waals surface area contributed by atoms with Crippen molar-refractivity contribution in [3.8, 4) is 0 Å². The Morgan fingerprint density at radius 1 is 1.60 bits per heavy atom. The number of halogens is 1. The van der Waals surface area contributed by atoms with Gasteiger partial charge in [-0.2, -0.15) is 0 Å². The number of thiophene rings is 1. The molecule has 0 aliphatic carbocycles. The Bertz CT molecular complexity index is 301.